The van der Waals surface area contributed by atoms with Crippen LogP contribution in [0.2, 0.25) is 0 Å². The molecule has 3 N–H and O–H groups in total. The molecule has 1 aromatic rings. The number of carbonyl (C=O) groups is 2. The van der Waals surface area contributed by atoms with E-state index in [0.717, 1.165) is 25.7 Å². The molecule has 0 aliphatic rings. The van der Waals surface area contributed by atoms with E-state index in [1.54, 1.807) is 24.3 Å². The molecule has 0 aliphatic carbocycles. The summed E-state index contributed by atoms with van der Waals surface area (Å²) in [4.78, 5) is 22.9. The van der Waals surface area contributed by atoms with Crippen LogP contribution in [0.1, 0.15) is 51.0 Å². The lowest BCUT2D eigenvalue weighted by Gasteiger charge is -2.17. The van der Waals surface area contributed by atoms with Crippen molar-refractivity contribution in [2.45, 2.75) is 51.5 Å². The van der Waals surface area contributed by atoms with Crippen LogP contribution in [0.25, 0.3) is 0 Å². The van der Waals surface area contributed by atoms with Crippen molar-refractivity contribution in [3.05, 3.63) is 29.8 Å². The molecule has 1 unspecified atom stereocenters. The van der Waals surface area contributed by atoms with E-state index in [9.17, 15) is 9.59 Å². The number of amides is 2. The Labute approximate surface area is 136 Å². The highest BCUT2D eigenvalue weighted by atomic mass is 16.4. The van der Waals surface area contributed by atoms with Crippen LogP contribution in [0.4, 0.5) is 10.5 Å². The van der Waals surface area contributed by atoms with Crippen LogP contribution in [0.15, 0.2) is 24.3 Å². The number of nitriles is 1. The van der Waals surface area contributed by atoms with Crippen LogP contribution in [0, 0.1) is 11.3 Å². The molecule has 1 aromatic carbocycles. The number of rotatable bonds is 9. The third-order valence-electron chi connectivity index (χ3n) is 3.43. The van der Waals surface area contributed by atoms with Crippen LogP contribution < -0.4 is 10.6 Å². The maximum absolute atomic E-state index is 12.0. The molecule has 0 radical (unpaired) electrons. The molecule has 0 spiro atoms. The van der Waals surface area contributed by atoms with Gasteiger partial charge in [0.15, 0.2) is 0 Å². The number of hydrogen-bond acceptors (Lipinski definition) is 3. The smallest absolute Gasteiger partial charge is 0.319 e. The van der Waals surface area contributed by atoms with Crippen molar-refractivity contribution in [1.29, 1.82) is 5.26 Å². The number of urea groups is 1. The quantitative estimate of drug-likeness (QED) is 0.607. The molecule has 0 heterocycles. The summed E-state index contributed by atoms with van der Waals surface area (Å²) in [5.41, 5.74) is 1.07. The minimum atomic E-state index is -0.927. The van der Waals surface area contributed by atoms with Gasteiger partial charge in [0, 0.05) is 11.7 Å². The number of aliphatic carboxylic acids is 1. The lowest BCUT2D eigenvalue weighted by molar-refractivity contribution is -0.137. The third kappa shape index (κ3) is 7.86. The summed E-state index contributed by atoms with van der Waals surface area (Å²) in [6.45, 7) is 2.11. The molecule has 0 aromatic heterocycles. The molecule has 124 valence electrons. The summed E-state index contributed by atoms with van der Waals surface area (Å²) >= 11 is 0. The van der Waals surface area contributed by atoms with E-state index >= 15 is 0 Å². The monoisotopic (exact) mass is 317 g/mol. The Bertz CT molecular complexity index is 549. The number of carbonyl (C=O) groups excluding carboxylic acids is 1. The van der Waals surface area contributed by atoms with Gasteiger partial charge in [-0.15, -0.1) is 0 Å². The van der Waals surface area contributed by atoms with Gasteiger partial charge in [0.1, 0.15) is 0 Å². The van der Waals surface area contributed by atoms with Crippen LogP contribution in [-0.4, -0.2) is 23.1 Å². The maximum atomic E-state index is 12.0. The first-order chi connectivity index (χ1) is 11.0. The fourth-order valence-electron chi connectivity index (χ4n) is 2.23. The van der Waals surface area contributed by atoms with Crippen LogP contribution in [0.5, 0.6) is 0 Å². The van der Waals surface area contributed by atoms with Crippen molar-refractivity contribution in [3.8, 4) is 6.07 Å². The number of carboxylic acids is 1. The van der Waals surface area contributed by atoms with Crippen molar-refractivity contribution in [3.63, 3.8) is 0 Å². The van der Waals surface area contributed by atoms with Crippen LogP contribution in [-0.2, 0) is 4.79 Å². The first-order valence-corrected chi connectivity index (χ1v) is 7.84. The lowest BCUT2D eigenvalue weighted by Crippen LogP contribution is -2.39. The molecule has 0 saturated heterocycles. The number of unbranched alkanes of at least 4 members (excludes halogenated alkanes) is 3. The summed E-state index contributed by atoms with van der Waals surface area (Å²) in [7, 11) is 0. The molecule has 6 heteroatoms. The summed E-state index contributed by atoms with van der Waals surface area (Å²) in [6.07, 6.45) is 4.70. The first-order valence-electron chi connectivity index (χ1n) is 7.84. The molecule has 0 aliphatic heterocycles. The van der Waals surface area contributed by atoms with Crippen molar-refractivity contribution in [2.24, 2.45) is 0 Å². The largest absolute Gasteiger partial charge is 0.481 e. The molecule has 2 amide bonds. The Kier molecular flexibility index (Phi) is 8.22. The second-order valence-corrected chi connectivity index (χ2v) is 5.43. The Balaban J connectivity index is 2.50. The van der Waals surface area contributed by atoms with Gasteiger partial charge in [-0.1, -0.05) is 32.6 Å². The van der Waals surface area contributed by atoms with Gasteiger partial charge in [-0.3, -0.25) is 4.79 Å². The minimum absolute atomic E-state index is 0.0904. The fraction of sp³-hybridized carbons (Fsp3) is 0.471. The molecule has 23 heavy (non-hydrogen) atoms. The zero-order valence-corrected chi connectivity index (χ0v) is 13.3. The average Bonchev–Trinajstić information content (AvgIpc) is 2.51. The molecular weight excluding hydrogens is 294 g/mol. The Hall–Kier alpha value is -2.55. The summed E-state index contributed by atoms with van der Waals surface area (Å²) in [5.74, 6) is -0.927. The SMILES string of the molecule is CCCCCCC(CC(=O)O)NC(=O)Nc1ccc(C#N)cc1. The lowest BCUT2D eigenvalue weighted by atomic mass is 10.0. The third-order valence-corrected chi connectivity index (χ3v) is 3.43. The number of anilines is 1. The van der Waals surface area contributed by atoms with Crippen LogP contribution in [0.3, 0.4) is 0 Å². The predicted octanol–water partition coefficient (Wildman–Crippen LogP) is 3.49. The van der Waals surface area contributed by atoms with E-state index in [4.69, 9.17) is 10.4 Å². The normalized spacial score (nSPS) is 11.3. The van der Waals surface area contributed by atoms with Gasteiger partial charge in [-0.25, -0.2) is 4.79 Å². The van der Waals surface area contributed by atoms with Crippen LogP contribution >= 0.6 is 0 Å². The zero-order valence-electron chi connectivity index (χ0n) is 13.3. The summed E-state index contributed by atoms with van der Waals surface area (Å²) < 4.78 is 0. The second-order valence-electron chi connectivity index (χ2n) is 5.43. The topological polar surface area (TPSA) is 102 Å². The fourth-order valence-corrected chi connectivity index (χ4v) is 2.23. The average molecular weight is 317 g/mol. The van der Waals surface area contributed by atoms with Gasteiger partial charge in [0.25, 0.3) is 0 Å². The van der Waals surface area contributed by atoms with Crippen molar-refractivity contribution in [2.75, 3.05) is 5.32 Å². The van der Waals surface area contributed by atoms with E-state index in [1.807, 2.05) is 6.07 Å². The van der Waals surface area contributed by atoms with Gasteiger partial charge in [-0.2, -0.15) is 5.26 Å². The molecule has 0 fully saturated rings. The van der Waals surface area contributed by atoms with Gasteiger partial charge in [0.2, 0.25) is 0 Å². The standard InChI is InChI=1S/C17H23N3O3/c1-2-3-4-5-6-15(11-16(21)22)20-17(23)19-14-9-7-13(12-18)8-10-14/h7-10,15H,2-6,11H2,1H3,(H,21,22)(H2,19,20,23). The Morgan fingerprint density at radius 2 is 1.91 bits per heavy atom. The predicted molar refractivity (Wildman–Crippen MR) is 88.1 cm³/mol. The van der Waals surface area contributed by atoms with E-state index in [0.29, 0.717) is 17.7 Å². The summed E-state index contributed by atoms with van der Waals surface area (Å²) in [6, 6.07) is 7.65. The number of carboxylic acid groups (broad SMARTS) is 1. The van der Waals surface area contributed by atoms with Crippen molar-refractivity contribution in [1.82, 2.24) is 5.32 Å². The second kappa shape index (κ2) is 10.2. The number of nitrogens with zero attached hydrogens (tertiary/aromatic N) is 1. The zero-order chi connectivity index (χ0) is 17.1. The molecule has 0 bridgehead atoms. The van der Waals surface area contributed by atoms with Gasteiger partial charge in [0.05, 0.1) is 18.1 Å². The highest BCUT2D eigenvalue weighted by Crippen LogP contribution is 2.11. The van der Waals surface area contributed by atoms with Crippen molar-refractivity contribution >= 4 is 17.7 Å². The van der Waals surface area contributed by atoms with Crippen molar-refractivity contribution < 1.29 is 14.7 Å². The highest BCUT2D eigenvalue weighted by Gasteiger charge is 2.15. The molecule has 0 saturated carbocycles. The van der Waals surface area contributed by atoms with E-state index < -0.39 is 12.0 Å². The number of benzene rings is 1. The first kappa shape index (κ1) is 18.5. The minimum Gasteiger partial charge on any atom is -0.481 e. The Morgan fingerprint density at radius 1 is 1.22 bits per heavy atom. The molecule has 1 atom stereocenters. The summed E-state index contributed by atoms with van der Waals surface area (Å²) in [5, 5.41) is 23.0. The van der Waals surface area contributed by atoms with E-state index in [2.05, 4.69) is 17.6 Å². The highest BCUT2D eigenvalue weighted by molar-refractivity contribution is 5.89. The van der Waals surface area contributed by atoms with E-state index in [-0.39, 0.29) is 12.5 Å². The molecule has 6 nitrogen and oxygen atoms in total. The Morgan fingerprint density at radius 3 is 2.48 bits per heavy atom. The molecular formula is C17H23N3O3. The van der Waals surface area contributed by atoms with Gasteiger partial charge >= 0.3 is 12.0 Å². The van der Waals surface area contributed by atoms with Gasteiger partial charge < -0.3 is 15.7 Å². The van der Waals surface area contributed by atoms with Gasteiger partial charge in [-0.05, 0) is 30.7 Å². The van der Waals surface area contributed by atoms with E-state index in [1.165, 1.54) is 0 Å². The number of hydrogen-bond donors (Lipinski definition) is 3. The number of nitrogens with one attached hydrogen (secondary N) is 2. The maximum Gasteiger partial charge on any atom is 0.319 e. The molecule has 1 rings (SSSR count).